The molecule has 1 saturated heterocycles. The number of aromatic nitrogens is 2. The van der Waals surface area contributed by atoms with E-state index in [0.717, 1.165) is 11.7 Å². The number of nitrogens with zero attached hydrogens (tertiary/aromatic N) is 2. The molecule has 0 spiro atoms. The number of ether oxygens (including phenoxy) is 5. The third-order valence-electron chi connectivity index (χ3n) is 6.70. The van der Waals surface area contributed by atoms with Gasteiger partial charge in [0.1, 0.15) is 12.7 Å². The lowest BCUT2D eigenvalue weighted by Crippen LogP contribution is -2.42. The van der Waals surface area contributed by atoms with Crippen LogP contribution in [-0.4, -0.2) is 65.5 Å². The maximum Gasteiger partial charge on any atom is 0.362 e. The summed E-state index contributed by atoms with van der Waals surface area (Å²) < 4.78 is 28.9. The number of rotatable bonds is 9. The van der Waals surface area contributed by atoms with E-state index in [0.29, 0.717) is 0 Å². The number of esters is 4. The van der Waals surface area contributed by atoms with Crippen molar-refractivity contribution in [1.82, 2.24) is 9.55 Å². The summed E-state index contributed by atoms with van der Waals surface area (Å²) in [7, 11) is 1.09. The molecule has 224 valence electrons. The number of methoxy groups -OCH3 is 1. The van der Waals surface area contributed by atoms with Crippen molar-refractivity contribution < 1.29 is 42.9 Å². The van der Waals surface area contributed by atoms with Crippen LogP contribution in [0.25, 0.3) is 0 Å². The molecule has 3 aromatic carbocycles. The Morgan fingerprint density at radius 3 is 1.75 bits per heavy atom. The first kappa shape index (κ1) is 29.9. The van der Waals surface area contributed by atoms with Crippen molar-refractivity contribution in [1.29, 1.82) is 0 Å². The summed E-state index contributed by atoms with van der Waals surface area (Å²) >= 11 is 0. The molecule has 4 aromatic rings. The highest BCUT2D eigenvalue weighted by molar-refractivity contribution is 5.91. The van der Waals surface area contributed by atoms with Crippen molar-refractivity contribution in [3.05, 3.63) is 136 Å². The molecule has 0 unspecified atom stereocenters. The zero-order valence-corrected chi connectivity index (χ0v) is 23.3. The molecule has 1 aromatic heterocycles. The predicted octanol–water partition coefficient (Wildman–Crippen LogP) is 3.24. The van der Waals surface area contributed by atoms with Gasteiger partial charge in [-0.15, -0.1) is 0 Å². The van der Waals surface area contributed by atoms with Gasteiger partial charge in [-0.2, -0.15) is 0 Å². The highest BCUT2D eigenvalue weighted by Gasteiger charge is 2.52. The van der Waals surface area contributed by atoms with Crippen molar-refractivity contribution >= 4 is 23.9 Å². The molecule has 12 heteroatoms. The van der Waals surface area contributed by atoms with Crippen LogP contribution in [0.15, 0.2) is 108 Å². The highest BCUT2D eigenvalue weighted by atomic mass is 16.7. The Morgan fingerprint density at radius 2 is 1.23 bits per heavy atom. The molecule has 0 saturated carbocycles. The molecule has 1 fully saturated rings. The average Bonchev–Trinajstić information content (AvgIpc) is 3.40. The van der Waals surface area contributed by atoms with Crippen LogP contribution in [0.4, 0.5) is 0 Å². The molecule has 0 N–H and O–H groups in total. The fourth-order valence-electron chi connectivity index (χ4n) is 4.54. The first-order valence-electron chi connectivity index (χ1n) is 13.4. The zero-order chi connectivity index (χ0) is 31.1. The van der Waals surface area contributed by atoms with Gasteiger partial charge >= 0.3 is 23.9 Å². The Bertz CT molecular complexity index is 1690. The monoisotopic (exact) mass is 598 g/mol. The summed E-state index contributed by atoms with van der Waals surface area (Å²) in [5.74, 6) is -3.27. The van der Waals surface area contributed by atoms with Gasteiger partial charge in [0, 0.05) is 12.4 Å². The van der Waals surface area contributed by atoms with E-state index in [1.165, 1.54) is 36.7 Å². The number of carbonyl (C=O) groups is 4. The van der Waals surface area contributed by atoms with E-state index in [9.17, 15) is 24.0 Å². The fourth-order valence-corrected chi connectivity index (χ4v) is 4.54. The minimum absolute atomic E-state index is 0.177. The van der Waals surface area contributed by atoms with Crippen LogP contribution in [0, 0.1) is 0 Å². The minimum Gasteiger partial charge on any atom is -0.464 e. The van der Waals surface area contributed by atoms with Gasteiger partial charge in [-0.1, -0.05) is 54.6 Å². The van der Waals surface area contributed by atoms with E-state index in [1.54, 1.807) is 66.7 Å². The zero-order valence-electron chi connectivity index (χ0n) is 23.3. The predicted molar refractivity (Wildman–Crippen MR) is 152 cm³/mol. The topological polar surface area (TPSA) is 149 Å². The van der Waals surface area contributed by atoms with E-state index in [-0.39, 0.29) is 16.7 Å². The summed E-state index contributed by atoms with van der Waals surface area (Å²) in [4.78, 5) is 68.7. The van der Waals surface area contributed by atoms with Crippen LogP contribution in [0.3, 0.4) is 0 Å². The van der Waals surface area contributed by atoms with Gasteiger partial charge in [0.05, 0.1) is 23.8 Å². The first-order chi connectivity index (χ1) is 21.4. The van der Waals surface area contributed by atoms with Crippen molar-refractivity contribution in [2.75, 3.05) is 13.7 Å². The number of benzene rings is 3. The molecule has 0 bridgehead atoms. The molecule has 0 radical (unpaired) electrons. The molecule has 5 rings (SSSR count). The largest absolute Gasteiger partial charge is 0.464 e. The summed E-state index contributed by atoms with van der Waals surface area (Å²) in [5.41, 5.74) is -0.836. The Labute approximate surface area is 250 Å². The third kappa shape index (κ3) is 6.55. The molecular formula is C32H26N2O10. The van der Waals surface area contributed by atoms with Crippen LogP contribution in [0.1, 0.15) is 47.8 Å². The van der Waals surface area contributed by atoms with E-state index < -0.39 is 66.3 Å². The number of carbonyl (C=O) groups excluding carboxylic acids is 4. The third-order valence-corrected chi connectivity index (χ3v) is 6.70. The second-order valence-electron chi connectivity index (χ2n) is 9.48. The van der Waals surface area contributed by atoms with Crippen molar-refractivity contribution in [2.24, 2.45) is 0 Å². The van der Waals surface area contributed by atoms with Gasteiger partial charge in [0.15, 0.2) is 18.4 Å². The van der Waals surface area contributed by atoms with E-state index >= 15 is 0 Å². The maximum atomic E-state index is 13.4. The molecule has 0 amide bonds. The lowest BCUT2D eigenvalue weighted by Gasteiger charge is -2.25. The lowest BCUT2D eigenvalue weighted by molar-refractivity contribution is -0.0636. The second kappa shape index (κ2) is 13.6. The molecular weight excluding hydrogens is 572 g/mol. The van der Waals surface area contributed by atoms with Gasteiger partial charge < -0.3 is 23.7 Å². The van der Waals surface area contributed by atoms with Gasteiger partial charge in [0.2, 0.25) is 5.69 Å². The Morgan fingerprint density at radius 1 is 0.727 bits per heavy atom. The van der Waals surface area contributed by atoms with Crippen LogP contribution in [-0.2, 0) is 23.7 Å². The van der Waals surface area contributed by atoms with Crippen molar-refractivity contribution in [2.45, 2.75) is 24.5 Å². The maximum absolute atomic E-state index is 13.4. The first-order valence-corrected chi connectivity index (χ1v) is 13.4. The van der Waals surface area contributed by atoms with Crippen LogP contribution in [0.2, 0.25) is 0 Å². The van der Waals surface area contributed by atoms with Gasteiger partial charge in [0.25, 0.3) is 5.56 Å². The molecule has 44 heavy (non-hydrogen) atoms. The van der Waals surface area contributed by atoms with E-state index in [4.69, 9.17) is 18.9 Å². The average molecular weight is 599 g/mol. The van der Waals surface area contributed by atoms with E-state index in [2.05, 4.69) is 9.72 Å². The van der Waals surface area contributed by atoms with E-state index in [1.807, 2.05) is 0 Å². The smallest absolute Gasteiger partial charge is 0.362 e. The minimum atomic E-state index is -1.44. The standard InChI is InChI=1S/C32H26N2O10/c1-40-32(39)24-27(35)34(18-17-33-24)28-26(44-31(38)22-15-9-4-10-16-22)25(43-30(37)21-13-7-3-8-14-21)23(42-28)19-41-29(36)20-11-5-2-6-12-20/h2-18,23,25-26,28H,19H2,1H3/t23-,25-,26-,28+/m0/s1. The molecule has 0 aliphatic carbocycles. The summed E-state index contributed by atoms with van der Waals surface area (Å²) in [6.07, 6.45) is -3.07. The van der Waals surface area contributed by atoms with Crippen LogP contribution >= 0.6 is 0 Å². The Balaban J connectivity index is 1.53. The van der Waals surface area contributed by atoms with Gasteiger partial charge in [-0.25, -0.2) is 24.2 Å². The molecule has 1 aliphatic heterocycles. The SMILES string of the molecule is COC(=O)c1nccn([C@@H]2O[C@@H](COC(=O)c3ccccc3)[C@H](OC(=O)c3ccccc3)[C@@H]2OC(=O)c2ccccc2)c1=O. The Hall–Kier alpha value is -5.62. The normalized spacial score (nSPS) is 19.0. The Kier molecular flexibility index (Phi) is 9.21. The summed E-state index contributed by atoms with van der Waals surface area (Å²) in [6, 6.07) is 24.3. The molecule has 2 heterocycles. The number of hydrogen-bond acceptors (Lipinski definition) is 11. The molecule has 12 nitrogen and oxygen atoms in total. The quantitative estimate of drug-likeness (QED) is 0.206. The molecule has 4 atom stereocenters. The van der Waals surface area contributed by atoms with Gasteiger partial charge in [-0.3, -0.25) is 9.36 Å². The lowest BCUT2D eigenvalue weighted by atomic mass is 10.1. The fraction of sp³-hybridized carbons (Fsp3) is 0.188. The number of hydrogen-bond donors (Lipinski definition) is 0. The van der Waals surface area contributed by atoms with Crippen LogP contribution < -0.4 is 5.56 Å². The summed E-state index contributed by atoms with van der Waals surface area (Å²) in [5, 5.41) is 0. The van der Waals surface area contributed by atoms with Gasteiger partial charge in [-0.05, 0) is 36.4 Å². The molecule has 1 aliphatic rings. The summed E-state index contributed by atoms with van der Waals surface area (Å²) in [6.45, 7) is -0.444. The second-order valence-corrected chi connectivity index (χ2v) is 9.48. The van der Waals surface area contributed by atoms with Crippen LogP contribution in [0.5, 0.6) is 0 Å². The van der Waals surface area contributed by atoms with Crippen molar-refractivity contribution in [3.8, 4) is 0 Å². The highest BCUT2D eigenvalue weighted by Crippen LogP contribution is 2.35. The van der Waals surface area contributed by atoms with Crippen molar-refractivity contribution in [3.63, 3.8) is 0 Å².